The molecule has 0 spiro atoms. The van der Waals surface area contributed by atoms with Gasteiger partial charge in [0.15, 0.2) is 11.8 Å². The Hall–Kier alpha value is -4.74. The number of hydrogen-bond donors (Lipinski definition) is 2. The van der Waals surface area contributed by atoms with Gasteiger partial charge in [-0.2, -0.15) is 5.26 Å². The number of carbonyl (C=O) groups is 3. The van der Waals surface area contributed by atoms with Gasteiger partial charge in [0.05, 0.1) is 16.8 Å². The van der Waals surface area contributed by atoms with Crippen molar-refractivity contribution in [2.75, 3.05) is 5.32 Å². The summed E-state index contributed by atoms with van der Waals surface area (Å²) < 4.78 is 6.01. The van der Waals surface area contributed by atoms with Crippen LogP contribution in [0.3, 0.4) is 0 Å². The molecule has 8 nitrogen and oxygen atoms in total. The fourth-order valence-electron chi connectivity index (χ4n) is 4.19. The number of rotatable bonds is 5. The molecule has 1 atom stereocenters. The average Bonchev–Trinajstić information content (AvgIpc) is 2.90. The molecule has 182 valence electrons. The van der Waals surface area contributed by atoms with E-state index in [2.05, 4.69) is 21.7 Å². The number of para-hydroxylation sites is 1. The van der Waals surface area contributed by atoms with E-state index in [-0.39, 0.29) is 34.0 Å². The van der Waals surface area contributed by atoms with Crippen LogP contribution < -0.4 is 15.4 Å². The van der Waals surface area contributed by atoms with Crippen molar-refractivity contribution in [3.63, 3.8) is 0 Å². The SMILES string of the molecule is Cc1ccc2cccc(OCc3c(Cl)ccc(NC(=O)C4NC(=O)c5ccccc5C4=O)c3C#N)c2n1. The third-order valence-corrected chi connectivity index (χ3v) is 6.41. The minimum atomic E-state index is -1.44. The number of carbonyl (C=O) groups excluding carboxylic acids is 3. The van der Waals surface area contributed by atoms with Gasteiger partial charge in [-0.1, -0.05) is 48.0 Å². The van der Waals surface area contributed by atoms with Gasteiger partial charge in [-0.05, 0) is 37.3 Å². The number of amides is 2. The van der Waals surface area contributed by atoms with Crippen molar-refractivity contribution in [3.8, 4) is 11.8 Å². The van der Waals surface area contributed by atoms with Crippen LogP contribution in [-0.2, 0) is 11.4 Å². The summed E-state index contributed by atoms with van der Waals surface area (Å²) in [6.45, 7) is 1.82. The van der Waals surface area contributed by atoms with Crippen LogP contribution in [-0.4, -0.2) is 28.6 Å². The first-order valence-corrected chi connectivity index (χ1v) is 11.7. The number of aromatic nitrogens is 1. The highest BCUT2D eigenvalue weighted by molar-refractivity contribution is 6.31. The first-order valence-electron chi connectivity index (χ1n) is 11.3. The lowest BCUT2D eigenvalue weighted by atomic mass is 9.93. The lowest BCUT2D eigenvalue weighted by Gasteiger charge is -2.24. The smallest absolute Gasteiger partial charge is 0.255 e. The summed E-state index contributed by atoms with van der Waals surface area (Å²) in [5.74, 6) is -1.32. The summed E-state index contributed by atoms with van der Waals surface area (Å²) in [7, 11) is 0. The number of anilines is 1. The van der Waals surface area contributed by atoms with Gasteiger partial charge in [0.25, 0.3) is 11.8 Å². The lowest BCUT2D eigenvalue weighted by Crippen LogP contribution is -2.52. The largest absolute Gasteiger partial charge is 0.487 e. The Morgan fingerprint density at radius 1 is 1.08 bits per heavy atom. The predicted molar refractivity (Wildman–Crippen MR) is 138 cm³/mol. The van der Waals surface area contributed by atoms with Crippen LogP contribution in [0, 0.1) is 18.3 Å². The Morgan fingerprint density at radius 2 is 1.86 bits per heavy atom. The molecule has 2 heterocycles. The van der Waals surface area contributed by atoms with Crippen molar-refractivity contribution in [1.29, 1.82) is 5.26 Å². The number of nitrogens with zero attached hydrogens (tertiary/aromatic N) is 2. The van der Waals surface area contributed by atoms with Gasteiger partial charge in [0.1, 0.15) is 23.9 Å². The molecule has 0 aliphatic carbocycles. The topological polar surface area (TPSA) is 121 Å². The Morgan fingerprint density at radius 3 is 2.65 bits per heavy atom. The van der Waals surface area contributed by atoms with E-state index in [1.807, 2.05) is 31.2 Å². The molecular weight excluding hydrogens is 492 g/mol. The maximum atomic E-state index is 13.0. The average molecular weight is 511 g/mol. The molecule has 0 saturated heterocycles. The lowest BCUT2D eigenvalue weighted by molar-refractivity contribution is -0.117. The summed E-state index contributed by atoms with van der Waals surface area (Å²) >= 11 is 6.40. The van der Waals surface area contributed by atoms with Gasteiger partial charge in [-0.3, -0.25) is 14.4 Å². The normalized spacial score (nSPS) is 14.5. The molecule has 3 aromatic carbocycles. The van der Waals surface area contributed by atoms with E-state index < -0.39 is 23.6 Å². The monoisotopic (exact) mass is 510 g/mol. The Balaban J connectivity index is 1.41. The van der Waals surface area contributed by atoms with Crippen molar-refractivity contribution < 1.29 is 19.1 Å². The number of benzene rings is 3. The van der Waals surface area contributed by atoms with E-state index in [4.69, 9.17) is 16.3 Å². The minimum Gasteiger partial charge on any atom is -0.487 e. The number of Topliss-reactive ketones (excluding diaryl/α,β-unsaturated/α-hetero) is 1. The van der Waals surface area contributed by atoms with E-state index in [0.29, 0.717) is 16.8 Å². The first kappa shape index (κ1) is 24.0. The molecule has 4 aromatic rings. The van der Waals surface area contributed by atoms with Crippen molar-refractivity contribution in [2.45, 2.75) is 19.6 Å². The molecule has 9 heteroatoms. The second-order valence-electron chi connectivity index (χ2n) is 8.44. The minimum absolute atomic E-state index is 0.0629. The molecule has 0 bridgehead atoms. The number of nitriles is 1. The number of ketones is 1. The summed E-state index contributed by atoms with van der Waals surface area (Å²) in [5.41, 5.74) is 2.46. The number of nitrogens with one attached hydrogen (secondary N) is 2. The number of halogens is 1. The third-order valence-electron chi connectivity index (χ3n) is 6.06. The zero-order valence-corrected chi connectivity index (χ0v) is 20.3. The van der Waals surface area contributed by atoms with Gasteiger partial charge in [-0.25, -0.2) is 4.98 Å². The van der Waals surface area contributed by atoms with Crippen LogP contribution >= 0.6 is 11.6 Å². The Kier molecular flexibility index (Phi) is 6.30. The zero-order valence-electron chi connectivity index (χ0n) is 19.5. The summed E-state index contributed by atoms with van der Waals surface area (Å²) in [4.78, 5) is 42.9. The van der Waals surface area contributed by atoms with Gasteiger partial charge < -0.3 is 15.4 Å². The van der Waals surface area contributed by atoms with Gasteiger partial charge in [0.2, 0.25) is 0 Å². The second kappa shape index (κ2) is 9.72. The molecule has 37 heavy (non-hydrogen) atoms. The summed E-state index contributed by atoms with van der Waals surface area (Å²) in [6.07, 6.45) is 0. The zero-order chi connectivity index (χ0) is 26.1. The van der Waals surface area contributed by atoms with Crippen LogP contribution in [0.5, 0.6) is 5.75 Å². The fraction of sp³-hybridized carbons (Fsp3) is 0.107. The van der Waals surface area contributed by atoms with Crippen molar-refractivity contribution in [2.24, 2.45) is 0 Å². The standard InChI is InChI=1S/C28H19ClN4O4/c1-15-9-10-16-5-4-8-23(24(16)31-15)37-14-20-19(13-30)22(12-11-21(20)29)32-28(36)25-26(34)17-6-2-3-7-18(17)27(35)33-25/h2-12,25H,14H2,1H3,(H,32,36)(H,33,35). The molecule has 1 aliphatic rings. The van der Waals surface area contributed by atoms with Crippen LogP contribution in [0.25, 0.3) is 10.9 Å². The number of ether oxygens (including phenoxy) is 1. The first-order chi connectivity index (χ1) is 17.9. The molecule has 0 fully saturated rings. The number of hydrogen-bond acceptors (Lipinski definition) is 6. The highest BCUT2D eigenvalue weighted by Crippen LogP contribution is 2.30. The van der Waals surface area contributed by atoms with Crippen LogP contribution in [0.1, 0.15) is 37.5 Å². The molecule has 2 N–H and O–H groups in total. The third kappa shape index (κ3) is 4.48. The number of aryl methyl sites for hydroxylation is 1. The molecule has 0 radical (unpaired) electrons. The quantitative estimate of drug-likeness (QED) is 0.379. The Labute approximate surface area is 216 Å². The second-order valence-corrected chi connectivity index (χ2v) is 8.84. The van der Waals surface area contributed by atoms with Crippen molar-refractivity contribution >= 4 is 45.8 Å². The maximum absolute atomic E-state index is 13.0. The van der Waals surface area contributed by atoms with Crippen LogP contribution in [0.2, 0.25) is 5.02 Å². The van der Waals surface area contributed by atoms with Crippen molar-refractivity contribution in [3.05, 3.63) is 99.7 Å². The number of pyridine rings is 1. The van der Waals surface area contributed by atoms with E-state index in [0.717, 1.165) is 11.1 Å². The molecular formula is C28H19ClN4O4. The van der Waals surface area contributed by atoms with Crippen LogP contribution in [0.4, 0.5) is 5.69 Å². The molecule has 5 rings (SSSR count). The molecule has 2 amide bonds. The fourth-order valence-corrected chi connectivity index (χ4v) is 4.41. The van der Waals surface area contributed by atoms with E-state index in [1.54, 1.807) is 18.2 Å². The highest BCUT2D eigenvalue weighted by Gasteiger charge is 2.36. The number of fused-ring (bicyclic) bond motifs is 2. The van der Waals surface area contributed by atoms with E-state index in [1.165, 1.54) is 24.3 Å². The highest BCUT2D eigenvalue weighted by atomic mass is 35.5. The van der Waals surface area contributed by atoms with E-state index in [9.17, 15) is 19.6 Å². The van der Waals surface area contributed by atoms with Gasteiger partial charge >= 0.3 is 0 Å². The van der Waals surface area contributed by atoms with Crippen LogP contribution in [0.15, 0.2) is 66.7 Å². The van der Waals surface area contributed by atoms with Gasteiger partial charge in [-0.15, -0.1) is 0 Å². The molecule has 1 aliphatic heterocycles. The van der Waals surface area contributed by atoms with E-state index >= 15 is 0 Å². The van der Waals surface area contributed by atoms with Crippen molar-refractivity contribution in [1.82, 2.24) is 10.3 Å². The Bertz CT molecular complexity index is 1640. The van der Waals surface area contributed by atoms with Gasteiger partial charge in [0, 0.05) is 27.2 Å². The summed E-state index contributed by atoms with van der Waals surface area (Å²) in [5, 5.41) is 16.1. The molecule has 1 aromatic heterocycles. The summed E-state index contributed by atoms with van der Waals surface area (Å²) in [6, 6.07) is 19.3. The predicted octanol–water partition coefficient (Wildman–Crippen LogP) is 4.58. The molecule has 0 saturated carbocycles. The maximum Gasteiger partial charge on any atom is 0.255 e. The molecule has 1 unspecified atom stereocenters.